The van der Waals surface area contributed by atoms with Gasteiger partial charge in [0.1, 0.15) is 0 Å². The molecule has 0 aromatic carbocycles. The Labute approximate surface area is 196 Å². The van der Waals surface area contributed by atoms with Crippen LogP contribution in [0.2, 0.25) is 0 Å². The Morgan fingerprint density at radius 3 is 0.379 bits per heavy atom. The summed E-state index contributed by atoms with van der Waals surface area (Å²) in [5.41, 5.74) is 0. The van der Waals surface area contributed by atoms with Crippen molar-refractivity contribution in [3.8, 4) is 0 Å². The minimum Gasteiger partial charge on any atom is -0.334 e. The van der Waals surface area contributed by atoms with Crippen LogP contribution in [0.25, 0.3) is 0 Å². The van der Waals surface area contributed by atoms with Gasteiger partial charge in [0, 0.05) is 46.3 Å². The van der Waals surface area contributed by atoms with Gasteiger partial charge in [-0.15, -0.1) is 0 Å². The Kier molecular flexibility index (Phi) is 31.0. The summed E-state index contributed by atoms with van der Waals surface area (Å²) in [5.74, 6) is -1.50. The van der Waals surface area contributed by atoms with Gasteiger partial charge < -0.3 is 38.4 Å². The van der Waals surface area contributed by atoms with Gasteiger partial charge in [-0.25, -0.2) is 0 Å². The van der Waals surface area contributed by atoms with Crippen molar-refractivity contribution in [3.63, 3.8) is 0 Å². The molecule has 0 saturated heterocycles. The molecule has 0 spiro atoms. The van der Waals surface area contributed by atoms with Crippen molar-refractivity contribution in [2.45, 2.75) is 55.4 Å². The van der Waals surface area contributed by atoms with Crippen LogP contribution >= 0.6 is 0 Å². The summed E-state index contributed by atoms with van der Waals surface area (Å²) in [6, 6.07) is 0. The van der Waals surface area contributed by atoms with Crippen molar-refractivity contribution >= 4 is 46.3 Å². The van der Waals surface area contributed by atoms with E-state index in [0.717, 1.165) is 25.7 Å². The molecule has 0 aromatic heterocycles. The van der Waals surface area contributed by atoms with Gasteiger partial charge in [0.05, 0.1) is 0 Å². The van der Waals surface area contributed by atoms with E-state index in [-0.39, 0.29) is 77.4 Å². The van der Waals surface area contributed by atoms with Gasteiger partial charge in [-0.1, -0.05) is 0 Å². The Bertz CT molecular complexity index is 439. The molecule has 0 bridgehead atoms. The summed E-state index contributed by atoms with van der Waals surface area (Å²) in [6.45, 7) is 10.8. The molecule has 0 fully saturated rings. The molecule has 0 aromatic rings. The van der Waals surface area contributed by atoms with Crippen LogP contribution in [-0.4, -0.2) is 46.3 Å². The second-order valence-corrected chi connectivity index (χ2v) is 5.46. The van der Waals surface area contributed by atoms with Crippen LogP contribution in [0.4, 0.5) is 0 Å². The number of hydrogen-bond donors (Lipinski definition) is 0. The second kappa shape index (κ2) is 23.9. The van der Waals surface area contributed by atoms with Crippen LogP contribution in [0.15, 0.2) is 0 Å². The fourth-order valence-corrected chi connectivity index (χ4v) is 1.14. The summed E-state index contributed by atoms with van der Waals surface area (Å²) < 4.78 is 0. The van der Waals surface area contributed by atoms with Crippen LogP contribution < -0.4 is 0 Å². The van der Waals surface area contributed by atoms with Crippen LogP contribution in [0.1, 0.15) is 55.4 Å². The molecule has 0 N–H and O–H groups in total. The molecule has 0 radical (unpaired) electrons. The van der Waals surface area contributed by atoms with Gasteiger partial charge in [-0.2, -0.15) is 0 Å². The summed E-state index contributed by atoms with van der Waals surface area (Å²) >= 11 is 0. The first-order chi connectivity index (χ1) is 12.5. The molecule has 0 amide bonds. The third-order valence-corrected chi connectivity index (χ3v) is 1.63. The fraction of sp³-hybridized carbons (Fsp3) is 0.400. The first kappa shape index (κ1) is 37.6. The smallest absolute Gasteiger partial charge is 0.334 e. The molecule has 0 heterocycles. The molecular weight excluding hydrogens is 606 g/mol. The first-order valence-electron chi connectivity index (χ1n) is 7.94. The van der Waals surface area contributed by atoms with Crippen molar-refractivity contribution in [2.75, 3.05) is 0 Å². The molecule has 0 unspecified atom stereocenters. The first-order valence-corrected chi connectivity index (χ1v) is 7.94. The van der Waals surface area contributed by atoms with E-state index in [1.807, 2.05) is 0 Å². The largest absolute Gasteiger partial charge is 4.00 e. The zero-order valence-corrected chi connectivity index (χ0v) is 22.2. The van der Waals surface area contributed by atoms with Gasteiger partial charge >= 0.3 is 31.1 Å². The molecule has 0 atom stereocenters. The maximum absolute atomic E-state index is 9.98. The van der Waals surface area contributed by atoms with Crippen molar-refractivity contribution in [3.05, 3.63) is 25.7 Å². The normalized spacial score (nSPS) is 7.45. The Balaban J connectivity index is -0.0000000873. The van der Waals surface area contributed by atoms with E-state index in [9.17, 15) is 38.4 Å². The van der Waals surface area contributed by atoms with Gasteiger partial charge in [0.15, 0.2) is 0 Å². The molecule has 160 valence electrons. The van der Waals surface area contributed by atoms with Gasteiger partial charge in [-0.3, -0.25) is 25.7 Å². The molecule has 0 saturated carbocycles. The third-order valence-electron chi connectivity index (χ3n) is 1.63. The van der Waals surface area contributed by atoms with Crippen molar-refractivity contribution < 1.29 is 69.5 Å². The quantitative estimate of drug-likeness (QED) is 0.290. The number of Topliss-reactive ketones (excluding diaryl/α,β-unsaturated/α-hetero) is 8. The third kappa shape index (κ3) is 76.6. The van der Waals surface area contributed by atoms with Gasteiger partial charge in [0.2, 0.25) is 0 Å². The molecule has 0 rings (SSSR count). The molecule has 29 heavy (non-hydrogen) atoms. The summed E-state index contributed by atoms with van der Waals surface area (Å²) in [6.07, 6.45) is 4.22. The van der Waals surface area contributed by atoms with Crippen molar-refractivity contribution in [1.82, 2.24) is 0 Å². The Morgan fingerprint density at radius 1 is 0.310 bits per heavy atom. The number of ketones is 8. The van der Waals surface area contributed by atoms with Gasteiger partial charge in [0.25, 0.3) is 0 Å². The van der Waals surface area contributed by atoms with E-state index in [1.54, 1.807) is 0 Å². The van der Waals surface area contributed by atoms with Gasteiger partial charge in [-0.05, 0) is 55.4 Å². The van der Waals surface area contributed by atoms with E-state index in [1.165, 1.54) is 55.4 Å². The molecule has 9 heteroatoms. The topological polar surface area (TPSA) is 137 Å². The molecule has 0 aliphatic heterocycles. The van der Waals surface area contributed by atoms with Crippen molar-refractivity contribution in [1.29, 1.82) is 0 Å². The predicted molar refractivity (Wildman–Crippen MR) is 103 cm³/mol. The Hall–Kier alpha value is -2.11. The zero-order valence-electron chi connectivity index (χ0n) is 18.1. The van der Waals surface area contributed by atoms with E-state index in [4.69, 9.17) is 0 Å². The zero-order chi connectivity index (χ0) is 23.4. The summed E-state index contributed by atoms with van der Waals surface area (Å²) in [7, 11) is 0. The number of hydrogen-bond acceptors (Lipinski definition) is 8. The molecule has 0 aliphatic carbocycles. The Morgan fingerprint density at radius 2 is 0.379 bits per heavy atom. The van der Waals surface area contributed by atoms with E-state index >= 15 is 0 Å². The fourth-order valence-electron chi connectivity index (χ4n) is 1.14. The predicted octanol–water partition coefficient (Wildman–Crippen LogP) is 1.47. The number of carbonyl (C=O) groups excluding carboxylic acids is 8. The monoisotopic (exact) mass is 634 g/mol. The van der Waals surface area contributed by atoms with Crippen LogP contribution in [0.5, 0.6) is 0 Å². The van der Waals surface area contributed by atoms with E-state index < -0.39 is 0 Å². The van der Waals surface area contributed by atoms with Crippen LogP contribution in [0.3, 0.4) is 0 Å². The minimum atomic E-state index is -0.187. The minimum absolute atomic E-state index is 0. The average molecular weight is 634 g/mol. The standard InChI is InChI=1S/4C5H7O2.U/c4*1-4(6)3-5(2)7;/h4*3H,1-2H3;/q4*-1;+4. The summed E-state index contributed by atoms with van der Waals surface area (Å²) in [5, 5.41) is 0. The molecule has 8 nitrogen and oxygen atoms in total. The number of carbonyl (C=O) groups is 8. The van der Waals surface area contributed by atoms with E-state index in [0.29, 0.717) is 0 Å². The van der Waals surface area contributed by atoms with E-state index in [2.05, 4.69) is 0 Å². The molecular formula is C20H28O8U. The SMILES string of the molecule is CC(=O)[CH-]C(C)=O.CC(=O)[CH-]C(C)=O.CC(=O)[CH-]C(C)=O.CC(=O)[CH-]C(C)=O.[U+4]. The molecule has 0 aliphatic rings. The maximum atomic E-state index is 9.98. The number of rotatable bonds is 8. The van der Waals surface area contributed by atoms with Crippen LogP contribution in [0, 0.1) is 56.8 Å². The maximum Gasteiger partial charge on any atom is 4.00 e. The summed E-state index contributed by atoms with van der Waals surface area (Å²) in [4.78, 5) is 79.8. The van der Waals surface area contributed by atoms with Crippen molar-refractivity contribution in [2.24, 2.45) is 0 Å². The second-order valence-electron chi connectivity index (χ2n) is 5.46. The average Bonchev–Trinajstić information content (AvgIpc) is 2.32. The van der Waals surface area contributed by atoms with Crippen LogP contribution in [-0.2, 0) is 38.4 Å².